The molecule has 0 saturated heterocycles. The Hall–Kier alpha value is -2.55. The monoisotopic (exact) mass is 369 g/mol. The predicted octanol–water partition coefficient (Wildman–Crippen LogP) is 2.94. The highest BCUT2D eigenvalue weighted by Gasteiger charge is 2.20. The molecule has 0 radical (unpaired) electrons. The maximum atomic E-state index is 12.6. The lowest BCUT2D eigenvalue weighted by Gasteiger charge is -2.15. The zero-order chi connectivity index (χ0) is 17.6. The van der Waals surface area contributed by atoms with E-state index in [0.717, 1.165) is 4.88 Å². The summed E-state index contributed by atoms with van der Waals surface area (Å²) in [5.41, 5.74) is 0.517. The van der Waals surface area contributed by atoms with Crippen LogP contribution in [0.4, 0.5) is 8.78 Å². The van der Waals surface area contributed by atoms with Crippen LogP contribution in [0.5, 0.6) is 17.2 Å². The van der Waals surface area contributed by atoms with Crippen LogP contribution in [0.3, 0.4) is 0 Å². The minimum atomic E-state index is -2.92. The minimum absolute atomic E-state index is 0.0421. The van der Waals surface area contributed by atoms with Gasteiger partial charge < -0.3 is 24.8 Å². The number of fused-ring (bicyclic) bond motifs is 1. The van der Waals surface area contributed by atoms with Crippen molar-refractivity contribution in [3.63, 3.8) is 0 Å². The standard InChI is InChI=1S/C16H17F2N3O3S/c1-19-16(21-8-11-3-2-4-25-11)20-7-10-5-13-14(23-9-22-13)6-12(10)24-15(17)18/h2-6,15H,7-9H2,1H3,(H2,19,20,21). The first kappa shape index (κ1) is 17.3. The Balaban J connectivity index is 1.66. The van der Waals surface area contributed by atoms with Gasteiger partial charge in [-0.2, -0.15) is 8.78 Å². The van der Waals surface area contributed by atoms with Crippen LogP contribution in [0, 0.1) is 0 Å². The van der Waals surface area contributed by atoms with Gasteiger partial charge in [-0.1, -0.05) is 6.07 Å². The number of rotatable bonds is 6. The van der Waals surface area contributed by atoms with Crippen LogP contribution >= 0.6 is 11.3 Å². The number of alkyl halides is 2. The van der Waals surface area contributed by atoms with E-state index < -0.39 is 6.61 Å². The van der Waals surface area contributed by atoms with Crippen LogP contribution in [0.1, 0.15) is 10.4 Å². The molecule has 0 fully saturated rings. The zero-order valence-corrected chi connectivity index (χ0v) is 14.2. The number of thiophene rings is 1. The molecule has 2 aromatic rings. The van der Waals surface area contributed by atoms with E-state index in [-0.39, 0.29) is 19.1 Å². The van der Waals surface area contributed by atoms with E-state index in [4.69, 9.17) is 9.47 Å². The average molecular weight is 369 g/mol. The third kappa shape index (κ3) is 4.50. The number of halogens is 2. The normalized spacial score (nSPS) is 13.2. The molecule has 0 unspecified atom stereocenters. The van der Waals surface area contributed by atoms with Crippen LogP contribution in [0.15, 0.2) is 34.6 Å². The number of nitrogens with one attached hydrogen (secondary N) is 2. The minimum Gasteiger partial charge on any atom is -0.454 e. The van der Waals surface area contributed by atoms with Gasteiger partial charge in [-0.15, -0.1) is 11.3 Å². The third-order valence-corrected chi connectivity index (χ3v) is 4.33. The highest BCUT2D eigenvalue weighted by molar-refractivity contribution is 7.09. The molecule has 0 aliphatic carbocycles. The molecule has 2 heterocycles. The summed E-state index contributed by atoms with van der Waals surface area (Å²) < 4.78 is 40.4. The molecule has 6 nitrogen and oxygen atoms in total. The summed E-state index contributed by atoms with van der Waals surface area (Å²) in [5, 5.41) is 8.23. The maximum Gasteiger partial charge on any atom is 0.387 e. The van der Waals surface area contributed by atoms with Gasteiger partial charge in [0.05, 0.1) is 6.54 Å². The molecule has 0 bridgehead atoms. The summed E-state index contributed by atoms with van der Waals surface area (Å²) in [6, 6.07) is 7.02. The van der Waals surface area contributed by atoms with Gasteiger partial charge in [0.15, 0.2) is 17.5 Å². The Labute approximate surface area is 147 Å². The molecule has 1 aromatic carbocycles. The van der Waals surface area contributed by atoms with Gasteiger partial charge in [-0.05, 0) is 17.5 Å². The second-order valence-electron chi connectivity index (χ2n) is 5.05. The molecule has 1 aliphatic heterocycles. The molecular formula is C16H17F2N3O3S. The van der Waals surface area contributed by atoms with E-state index in [9.17, 15) is 8.78 Å². The van der Waals surface area contributed by atoms with E-state index in [2.05, 4.69) is 20.4 Å². The number of ether oxygens (including phenoxy) is 3. The van der Waals surface area contributed by atoms with Crippen LogP contribution in [0.25, 0.3) is 0 Å². The van der Waals surface area contributed by atoms with Gasteiger partial charge in [0, 0.05) is 30.1 Å². The fourth-order valence-corrected chi connectivity index (χ4v) is 2.94. The Morgan fingerprint density at radius 1 is 1.28 bits per heavy atom. The summed E-state index contributed by atoms with van der Waals surface area (Å²) >= 11 is 1.63. The number of benzene rings is 1. The molecule has 1 aliphatic rings. The van der Waals surface area contributed by atoms with Crippen molar-refractivity contribution >= 4 is 17.3 Å². The van der Waals surface area contributed by atoms with E-state index in [0.29, 0.717) is 29.6 Å². The molecule has 0 spiro atoms. The molecule has 9 heteroatoms. The third-order valence-electron chi connectivity index (χ3n) is 3.45. The zero-order valence-electron chi connectivity index (χ0n) is 13.4. The van der Waals surface area contributed by atoms with Crippen molar-refractivity contribution in [2.75, 3.05) is 13.8 Å². The first-order valence-corrected chi connectivity index (χ1v) is 8.38. The van der Waals surface area contributed by atoms with Crippen molar-refractivity contribution in [1.29, 1.82) is 0 Å². The highest BCUT2D eigenvalue weighted by atomic mass is 32.1. The lowest BCUT2D eigenvalue weighted by molar-refractivity contribution is -0.0505. The van der Waals surface area contributed by atoms with Crippen molar-refractivity contribution in [1.82, 2.24) is 10.6 Å². The number of aliphatic imine (C=N–C) groups is 1. The summed E-state index contributed by atoms with van der Waals surface area (Å²) in [6.07, 6.45) is 0. The number of hydrogen-bond donors (Lipinski definition) is 2. The summed E-state index contributed by atoms with van der Waals surface area (Å²) in [7, 11) is 1.64. The molecule has 3 rings (SSSR count). The molecule has 0 atom stereocenters. The fourth-order valence-electron chi connectivity index (χ4n) is 2.29. The van der Waals surface area contributed by atoms with E-state index in [1.54, 1.807) is 24.5 Å². The van der Waals surface area contributed by atoms with Gasteiger partial charge in [0.2, 0.25) is 6.79 Å². The number of nitrogens with zero attached hydrogens (tertiary/aromatic N) is 1. The molecule has 1 aromatic heterocycles. The van der Waals surface area contributed by atoms with E-state index >= 15 is 0 Å². The van der Waals surface area contributed by atoms with Crippen LogP contribution < -0.4 is 24.8 Å². The first-order valence-electron chi connectivity index (χ1n) is 7.50. The summed E-state index contributed by atoms with van der Waals surface area (Å²) in [5.74, 6) is 1.48. The number of guanidine groups is 1. The van der Waals surface area contributed by atoms with Gasteiger partial charge in [-0.25, -0.2) is 0 Å². The molecule has 0 amide bonds. The van der Waals surface area contributed by atoms with Gasteiger partial charge >= 0.3 is 6.61 Å². The second-order valence-corrected chi connectivity index (χ2v) is 6.08. The Kier molecular flexibility index (Phi) is 5.54. The Bertz CT molecular complexity index is 738. The number of hydrogen-bond acceptors (Lipinski definition) is 5. The SMILES string of the molecule is CN=C(NCc1cccs1)NCc1cc2c(cc1OC(F)F)OCO2. The maximum absolute atomic E-state index is 12.6. The topological polar surface area (TPSA) is 64.1 Å². The Morgan fingerprint density at radius 2 is 2.04 bits per heavy atom. The van der Waals surface area contributed by atoms with Gasteiger partial charge in [0.1, 0.15) is 5.75 Å². The molecule has 2 N–H and O–H groups in total. The molecule has 0 saturated carbocycles. The van der Waals surface area contributed by atoms with E-state index in [1.807, 2.05) is 17.5 Å². The van der Waals surface area contributed by atoms with Crippen molar-refractivity contribution in [2.45, 2.75) is 19.7 Å². The Morgan fingerprint density at radius 3 is 2.72 bits per heavy atom. The van der Waals surface area contributed by atoms with Gasteiger partial charge in [0.25, 0.3) is 0 Å². The van der Waals surface area contributed by atoms with Gasteiger partial charge in [-0.3, -0.25) is 4.99 Å². The average Bonchev–Trinajstić information content (AvgIpc) is 3.25. The highest BCUT2D eigenvalue weighted by Crippen LogP contribution is 2.38. The second kappa shape index (κ2) is 8.02. The van der Waals surface area contributed by atoms with Crippen molar-refractivity contribution in [3.8, 4) is 17.2 Å². The first-order chi connectivity index (χ1) is 12.2. The summed E-state index contributed by atoms with van der Waals surface area (Å²) in [4.78, 5) is 5.28. The van der Waals surface area contributed by atoms with Crippen LogP contribution in [-0.2, 0) is 13.1 Å². The van der Waals surface area contributed by atoms with Crippen LogP contribution in [-0.4, -0.2) is 26.4 Å². The van der Waals surface area contributed by atoms with Crippen molar-refractivity contribution in [2.24, 2.45) is 4.99 Å². The van der Waals surface area contributed by atoms with Crippen molar-refractivity contribution < 1.29 is 23.0 Å². The van der Waals surface area contributed by atoms with Crippen LogP contribution in [0.2, 0.25) is 0 Å². The predicted molar refractivity (Wildman–Crippen MR) is 90.6 cm³/mol. The fraction of sp³-hybridized carbons (Fsp3) is 0.312. The lowest BCUT2D eigenvalue weighted by Crippen LogP contribution is -2.36. The lowest BCUT2D eigenvalue weighted by atomic mass is 10.1. The molecule has 134 valence electrons. The quantitative estimate of drug-likeness (QED) is 0.606. The molecular weight excluding hydrogens is 352 g/mol. The van der Waals surface area contributed by atoms with E-state index in [1.165, 1.54) is 6.07 Å². The summed E-state index contributed by atoms with van der Waals surface area (Å²) in [6.45, 7) is -2.00. The molecule has 25 heavy (non-hydrogen) atoms. The van der Waals surface area contributed by atoms with Crippen molar-refractivity contribution in [3.05, 3.63) is 40.1 Å². The smallest absolute Gasteiger partial charge is 0.387 e. The largest absolute Gasteiger partial charge is 0.454 e.